The molecule has 0 fully saturated rings. The maximum absolute atomic E-state index is 11.7. The van der Waals surface area contributed by atoms with Gasteiger partial charge >= 0.3 is 6.11 Å². The van der Waals surface area contributed by atoms with Gasteiger partial charge in [-0.25, -0.2) is 0 Å². The van der Waals surface area contributed by atoms with Crippen LogP contribution in [0, 0.1) is 0 Å². The fourth-order valence-corrected chi connectivity index (χ4v) is 0.585. The summed E-state index contributed by atoms with van der Waals surface area (Å²) in [5, 5.41) is 25.0. The molecule has 0 spiro atoms. The van der Waals surface area contributed by atoms with Crippen LogP contribution in [0.3, 0.4) is 0 Å². The smallest absolute Gasteiger partial charge is 0.376 e. The molecule has 0 aliphatic carbocycles. The predicted octanol–water partition coefficient (Wildman–Crippen LogP) is -1.04. The summed E-state index contributed by atoms with van der Waals surface area (Å²) in [6.07, 6.45) is -4.81. The zero-order valence-corrected chi connectivity index (χ0v) is 7.53. The molecule has 0 radical (unpaired) electrons. The van der Waals surface area contributed by atoms with Gasteiger partial charge in [-0.1, -0.05) is 0 Å². The first-order valence-corrected chi connectivity index (χ1v) is 4.00. The van der Waals surface area contributed by atoms with Gasteiger partial charge in [-0.15, -0.1) is 0 Å². The number of alkyl halides is 2. The Morgan fingerprint density at radius 3 is 2.29 bits per heavy atom. The third-order valence-electron chi connectivity index (χ3n) is 1.17. The third kappa shape index (κ3) is 9.75. The van der Waals surface area contributed by atoms with Crippen LogP contribution in [-0.2, 0) is 9.47 Å². The molecule has 0 aliphatic heterocycles. The summed E-state index contributed by atoms with van der Waals surface area (Å²) in [5.74, 6) is 0. The molecule has 86 valence electrons. The SMILES string of the molecule is OCC(O)COCCOCC(O)(F)F. The first-order valence-electron chi connectivity index (χ1n) is 4.00. The van der Waals surface area contributed by atoms with Gasteiger partial charge in [-0.05, 0) is 0 Å². The average Bonchev–Trinajstić information content (AvgIpc) is 2.08. The molecular formula is C7H14F2O5. The maximum Gasteiger partial charge on any atom is 0.376 e. The van der Waals surface area contributed by atoms with Crippen molar-refractivity contribution in [1.29, 1.82) is 0 Å². The van der Waals surface area contributed by atoms with Crippen LogP contribution in [0.15, 0.2) is 0 Å². The number of aliphatic hydroxyl groups excluding tert-OH is 2. The van der Waals surface area contributed by atoms with Gasteiger partial charge in [0.1, 0.15) is 12.7 Å². The normalized spacial score (nSPS) is 14.4. The van der Waals surface area contributed by atoms with E-state index in [1.807, 2.05) is 0 Å². The minimum atomic E-state index is -3.83. The van der Waals surface area contributed by atoms with Crippen molar-refractivity contribution in [2.24, 2.45) is 0 Å². The number of halogens is 2. The summed E-state index contributed by atoms with van der Waals surface area (Å²) in [5.41, 5.74) is 0. The Balaban J connectivity index is 3.14. The molecular weight excluding hydrogens is 202 g/mol. The monoisotopic (exact) mass is 216 g/mol. The molecule has 0 aromatic heterocycles. The summed E-state index contributed by atoms with van der Waals surface area (Å²) >= 11 is 0. The van der Waals surface area contributed by atoms with E-state index in [4.69, 9.17) is 20.1 Å². The highest BCUT2D eigenvalue weighted by molar-refractivity contribution is 4.49. The van der Waals surface area contributed by atoms with E-state index in [0.29, 0.717) is 0 Å². The van der Waals surface area contributed by atoms with Crippen LogP contribution in [0.4, 0.5) is 8.78 Å². The van der Waals surface area contributed by atoms with Gasteiger partial charge in [0.15, 0.2) is 0 Å². The molecule has 0 heterocycles. The third-order valence-corrected chi connectivity index (χ3v) is 1.17. The lowest BCUT2D eigenvalue weighted by Gasteiger charge is -2.10. The predicted molar refractivity (Wildman–Crippen MR) is 41.9 cm³/mol. The van der Waals surface area contributed by atoms with Gasteiger partial charge in [-0.3, -0.25) is 0 Å². The number of rotatable bonds is 8. The van der Waals surface area contributed by atoms with Crippen LogP contribution in [0.5, 0.6) is 0 Å². The minimum Gasteiger partial charge on any atom is -0.394 e. The number of ether oxygens (including phenoxy) is 2. The standard InChI is InChI=1S/C7H14F2O5/c8-7(9,12)5-14-2-1-13-4-6(11)3-10/h6,10-12H,1-5H2. The second-order valence-corrected chi connectivity index (χ2v) is 2.63. The molecule has 1 unspecified atom stereocenters. The molecule has 3 N–H and O–H groups in total. The minimum absolute atomic E-state index is 0.00708. The van der Waals surface area contributed by atoms with E-state index in [2.05, 4.69) is 4.74 Å². The van der Waals surface area contributed by atoms with E-state index in [9.17, 15) is 8.78 Å². The molecule has 0 aliphatic rings. The zero-order chi connectivity index (χ0) is 11.0. The summed E-state index contributed by atoms with van der Waals surface area (Å²) in [7, 11) is 0. The van der Waals surface area contributed by atoms with E-state index < -0.39 is 25.4 Å². The van der Waals surface area contributed by atoms with Gasteiger partial charge in [0, 0.05) is 0 Å². The van der Waals surface area contributed by atoms with Crippen LogP contribution in [0.25, 0.3) is 0 Å². The molecule has 0 saturated carbocycles. The van der Waals surface area contributed by atoms with Crippen LogP contribution < -0.4 is 0 Å². The second-order valence-electron chi connectivity index (χ2n) is 2.63. The molecule has 0 amide bonds. The topological polar surface area (TPSA) is 79.2 Å². The number of aliphatic hydroxyl groups is 3. The van der Waals surface area contributed by atoms with Crippen molar-refractivity contribution in [3.8, 4) is 0 Å². The van der Waals surface area contributed by atoms with Gasteiger partial charge < -0.3 is 24.8 Å². The van der Waals surface area contributed by atoms with Crippen LogP contribution in [-0.4, -0.2) is 60.6 Å². The highest BCUT2D eigenvalue weighted by atomic mass is 19.3. The lowest BCUT2D eigenvalue weighted by Crippen LogP contribution is -2.25. The van der Waals surface area contributed by atoms with Crippen molar-refractivity contribution >= 4 is 0 Å². The highest BCUT2D eigenvalue weighted by Crippen LogP contribution is 2.07. The Hall–Kier alpha value is -0.340. The van der Waals surface area contributed by atoms with E-state index in [-0.39, 0.29) is 19.8 Å². The van der Waals surface area contributed by atoms with Gasteiger partial charge in [0.25, 0.3) is 0 Å². The molecule has 0 bridgehead atoms. The Kier molecular flexibility index (Phi) is 6.85. The first-order chi connectivity index (χ1) is 6.45. The molecule has 0 saturated heterocycles. The van der Waals surface area contributed by atoms with Crippen LogP contribution in [0.1, 0.15) is 0 Å². The first kappa shape index (κ1) is 13.7. The van der Waals surface area contributed by atoms with Crippen LogP contribution in [0.2, 0.25) is 0 Å². The van der Waals surface area contributed by atoms with E-state index >= 15 is 0 Å². The number of hydrogen-bond acceptors (Lipinski definition) is 5. The maximum atomic E-state index is 11.7. The lowest BCUT2D eigenvalue weighted by molar-refractivity contribution is -0.232. The van der Waals surface area contributed by atoms with Gasteiger partial charge in [0.2, 0.25) is 0 Å². The van der Waals surface area contributed by atoms with Crippen molar-refractivity contribution in [3.63, 3.8) is 0 Å². The Bertz CT molecular complexity index is 139. The van der Waals surface area contributed by atoms with E-state index in [0.717, 1.165) is 0 Å². The van der Waals surface area contributed by atoms with Crippen molar-refractivity contribution < 1.29 is 33.6 Å². The molecule has 0 rings (SSSR count). The Labute approximate surface area is 79.9 Å². The summed E-state index contributed by atoms with van der Waals surface area (Å²) in [4.78, 5) is 0. The summed E-state index contributed by atoms with van der Waals surface area (Å²) in [6.45, 7) is -1.70. The molecule has 1 atom stereocenters. The fourth-order valence-electron chi connectivity index (χ4n) is 0.585. The zero-order valence-electron chi connectivity index (χ0n) is 7.53. The van der Waals surface area contributed by atoms with Gasteiger partial charge in [0.05, 0.1) is 26.4 Å². The quantitative estimate of drug-likeness (QED) is 0.451. The Morgan fingerprint density at radius 1 is 1.21 bits per heavy atom. The van der Waals surface area contributed by atoms with Crippen molar-refractivity contribution in [1.82, 2.24) is 0 Å². The summed E-state index contributed by atoms with van der Waals surface area (Å²) < 4.78 is 32.5. The van der Waals surface area contributed by atoms with Crippen LogP contribution >= 0.6 is 0 Å². The second kappa shape index (κ2) is 7.02. The molecule has 0 aromatic rings. The van der Waals surface area contributed by atoms with Gasteiger partial charge in [-0.2, -0.15) is 8.78 Å². The highest BCUT2D eigenvalue weighted by Gasteiger charge is 2.23. The molecule has 14 heavy (non-hydrogen) atoms. The van der Waals surface area contributed by atoms with E-state index in [1.165, 1.54) is 0 Å². The largest absolute Gasteiger partial charge is 0.394 e. The number of hydrogen-bond donors (Lipinski definition) is 3. The lowest BCUT2D eigenvalue weighted by atomic mass is 10.4. The average molecular weight is 216 g/mol. The van der Waals surface area contributed by atoms with E-state index in [1.54, 1.807) is 0 Å². The molecule has 0 aromatic carbocycles. The van der Waals surface area contributed by atoms with Crippen molar-refractivity contribution in [3.05, 3.63) is 0 Å². The fraction of sp³-hybridized carbons (Fsp3) is 1.00. The molecule has 7 heteroatoms. The summed E-state index contributed by atoms with van der Waals surface area (Å²) in [6, 6.07) is 0. The van der Waals surface area contributed by atoms with Crippen molar-refractivity contribution in [2.75, 3.05) is 33.0 Å². The van der Waals surface area contributed by atoms with Crippen molar-refractivity contribution in [2.45, 2.75) is 12.2 Å². The molecule has 5 nitrogen and oxygen atoms in total. The Morgan fingerprint density at radius 2 is 1.79 bits per heavy atom.